The van der Waals surface area contributed by atoms with E-state index < -0.39 is 0 Å². The fraction of sp³-hybridized carbons (Fsp3) is 0.588. The molecule has 0 N–H and O–H groups in total. The van der Waals surface area contributed by atoms with Gasteiger partial charge in [-0.2, -0.15) is 0 Å². The molecule has 1 saturated heterocycles. The van der Waals surface area contributed by atoms with E-state index in [-0.39, 0.29) is 17.7 Å². The summed E-state index contributed by atoms with van der Waals surface area (Å²) in [5.74, 6) is -0.288. The van der Waals surface area contributed by atoms with E-state index in [1.807, 2.05) is 25.2 Å². The topological polar surface area (TPSA) is 44.8 Å². The zero-order valence-corrected chi connectivity index (χ0v) is 13.6. The molecule has 0 spiro atoms. The van der Waals surface area contributed by atoms with Crippen molar-refractivity contribution < 1.29 is 19.0 Å². The van der Waals surface area contributed by atoms with Crippen molar-refractivity contribution in [2.75, 3.05) is 19.8 Å². The third kappa shape index (κ3) is 6.27. The molecule has 4 nitrogen and oxygen atoms in total. The summed E-state index contributed by atoms with van der Waals surface area (Å²) in [5, 5.41) is 0. The monoisotopic (exact) mass is 294 g/mol. The predicted octanol–water partition coefficient (Wildman–Crippen LogP) is 3.40. The average Bonchev–Trinajstić information content (AvgIpc) is 2.43. The Hall–Kier alpha value is -1.39. The largest absolute Gasteiger partial charge is 0.463 e. The number of carbonyl (C=O) groups excluding carboxylic acids is 1. The van der Waals surface area contributed by atoms with Gasteiger partial charge in [0.05, 0.1) is 19.8 Å². The summed E-state index contributed by atoms with van der Waals surface area (Å²) in [5.41, 5.74) is 1.65. The van der Waals surface area contributed by atoms with Crippen LogP contribution < -0.4 is 0 Å². The highest BCUT2D eigenvalue weighted by Gasteiger charge is 2.28. The highest BCUT2D eigenvalue weighted by Crippen LogP contribution is 2.25. The van der Waals surface area contributed by atoms with Crippen LogP contribution in [-0.4, -0.2) is 32.1 Å². The van der Waals surface area contributed by atoms with Crippen molar-refractivity contribution >= 4 is 5.97 Å². The Morgan fingerprint density at radius 1 is 1.19 bits per heavy atom. The van der Waals surface area contributed by atoms with Gasteiger partial charge < -0.3 is 14.2 Å². The SMILES string of the molecule is CCOC(=O)C(C)=CC=CC=C(C)C1OCC(C)(C)CO1. The molecule has 0 aromatic heterocycles. The molecule has 0 atom stereocenters. The van der Waals surface area contributed by atoms with Gasteiger partial charge in [-0.3, -0.25) is 0 Å². The number of ether oxygens (including phenoxy) is 3. The highest BCUT2D eigenvalue weighted by atomic mass is 16.7. The molecule has 4 heteroatoms. The lowest BCUT2D eigenvalue weighted by Gasteiger charge is -2.34. The van der Waals surface area contributed by atoms with Gasteiger partial charge in [0.25, 0.3) is 0 Å². The Kier molecular flexibility index (Phi) is 6.85. The van der Waals surface area contributed by atoms with E-state index in [2.05, 4.69) is 13.8 Å². The zero-order valence-electron chi connectivity index (χ0n) is 13.6. The van der Waals surface area contributed by atoms with Crippen LogP contribution in [0.3, 0.4) is 0 Å². The third-order valence-corrected chi connectivity index (χ3v) is 3.04. The molecule has 0 aromatic carbocycles. The summed E-state index contributed by atoms with van der Waals surface area (Å²) in [7, 11) is 0. The first kappa shape index (κ1) is 17.7. The molecule has 1 rings (SSSR count). The molecule has 1 heterocycles. The molecule has 0 radical (unpaired) electrons. The molecule has 0 bridgehead atoms. The van der Waals surface area contributed by atoms with Gasteiger partial charge in [0.2, 0.25) is 0 Å². The van der Waals surface area contributed by atoms with Gasteiger partial charge in [-0.05, 0) is 26.3 Å². The molecule has 0 saturated carbocycles. The number of esters is 1. The second-order valence-electron chi connectivity index (χ2n) is 5.98. The standard InChI is InChI=1S/C17H26O4/c1-6-19-15(18)13(2)9-7-8-10-14(3)16-20-11-17(4,5)12-21-16/h7-10,16H,6,11-12H2,1-5H3. The molecule has 1 fully saturated rings. The fourth-order valence-corrected chi connectivity index (χ4v) is 1.75. The number of allylic oxidation sites excluding steroid dienone is 4. The Bertz CT molecular complexity index is 434. The van der Waals surface area contributed by atoms with E-state index in [1.54, 1.807) is 19.9 Å². The molecule has 118 valence electrons. The second-order valence-corrected chi connectivity index (χ2v) is 5.98. The number of rotatable bonds is 5. The lowest BCUT2D eigenvalue weighted by molar-refractivity contribution is -0.202. The van der Waals surface area contributed by atoms with Crippen molar-refractivity contribution in [1.29, 1.82) is 0 Å². The van der Waals surface area contributed by atoms with Gasteiger partial charge in [0.15, 0.2) is 6.29 Å². The summed E-state index contributed by atoms with van der Waals surface area (Å²) >= 11 is 0. The summed E-state index contributed by atoms with van der Waals surface area (Å²) in [6, 6.07) is 0. The van der Waals surface area contributed by atoms with Gasteiger partial charge in [0.1, 0.15) is 0 Å². The highest BCUT2D eigenvalue weighted by molar-refractivity contribution is 5.88. The molecule has 1 aliphatic heterocycles. The molecule has 1 aliphatic rings. The second kappa shape index (κ2) is 8.15. The maximum atomic E-state index is 11.4. The van der Waals surface area contributed by atoms with Gasteiger partial charge in [-0.1, -0.05) is 38.2 Å². The smallest absolute Gasteiger partial charge is 0.333 e. The van der Waals surface area contributed by atoms with Crippen LogP contribution >= 0.6 is 0 Å². The molecular weight excluding hydrogens is 268 g/mol. The molecule has 0 unspecified atom stereocenters. The van der Waals surface area contributed by atoms with Crippen molar-refractivity contribution in [1.82, 2.24) is 0 Å². The van der Waals surface area contributed by atoms with Gasteiger partial charge in [0, 0.05) is 11.0 Å². The zero-order chi connectivity index (χ0) is 15.9. The maximum Gasteiger partial charge on any atom is 0.333 e. The summed E-state index contributed by atoms with van der Waals surface area (Å²) in [4.78, 5) is 11.4. The van der Waals surface area contributed by atoms with E-state index in [9.17, 15) is 4.79 Å². The molecule has 21 heavy (non-hydrogen) atoms. The number of hydrogen-bond donors (Lipinski definition) is 0. The summed E-state index contributed by atoms with van der Waals surface area (Å²) in [6.07, 6.45) is 7.05. The van der Waals surface area contributed by atoms with Gasteiger partial charge in [-0.25, -0.2) is 4.79 Å². The van der Waals surface area contributed by atoms with E-state index in [0.717, 1.165) is 5.57 Å². The van der Waals surface area contributed by atoms with Crippen molar-refractivity contribution in [3.05, 3.63) is 35.5 Å². The minimum absolute atomic E-state index is 0.0755. The van der Waals surface area contributed by atoms with Crippen LogP contribution in [0.1, 0.15) is 34.6 Å². The Morgan fingerprint density at radius 2 is 1.76 bits per heavy atom. The van der Waals surface area contributed by atoms with Crippen LogP contribution in [0.25, 0.3) is 0 Å². The molecule has 0 amide bonds. The molecule has 0 aliphatic carbocycles. The molecule has 0 aromatic rings. The van der Waals surface area contributed by atoms with Crippen LogP contribution in [-0.2, 0) is 19.0 Å². The first-order valence-corrected chi connectivity index (χ1v) is 7.28. The summed E-state index contributed by atoms with van der Waals surface area (Å²) < 4.78 is 16.3. The van der Waals surface area contributed by atoms with Crippen molar-refractivity contribution in [3.8, 4) is 0 Å². The lowest BCUT2D eigenvalue weighted by Crippen LogP contribution is -2.38. The number of carbonyl (C=O) groups is 1. The average molecular weight is 294 g/mol. The minimum Gasteiger partial charge on any atom is -0.463 e. The van der Waals surface area contributed by atoms with Crippen molar-refractivity contribution in [2.45, 2.75) is 40.9 Å². The van der Waals surface area contributed by atoms with Crippen LogP contribution in [0.4, 0.5) is 0 Å². The van der Waals surface area contributed by atoms with E-state index in [0.29, 0.717) is 25.4 Å². The first-order valence-electron chi connectivity index (χ1n) is 7.28. The summed E-state index contributed by atoms with van der Waals surface area (Å²) in [6.45, 7) is 11.5. The van der Waals surface area contributed by atoms with Crippen molar-refractivity contribution in [2.24, 2.45) is 5.41 Å². The van der Waals surface area contributed by atoms with Crippen LogP contribution in [0.5, 0.6) is 0 Å². The van der Waals surface area contributed by atoms with Crippen LogP contribution in [0.15, 0.2) is 35.5 Å². The van der Waals surface area contributed by atoms with Gasteiger partial charge >= 0.3 is 5.97 Å². The van der Waals surface area contributed by atoms with E-state index >= 15 is 0 Å². The van der Waals surface area contributed by atoms with Crippen molar-refractivity contribution in [3.63, 3.8) is 0 Å². The predicted molar refractivity (Wildman–Crippen MR) is 82.8 cm³/mol. The quantitative estimate of drug-likeness (QED) is 0.443. The first-order chi connectivity index (χ1) is 9.85. The Balaban J connectivity index is 2.50. The molecular formula is C17H26O4. The Morgan fingerprint density at radius 3 is 2.33 bits per heavy atom. The van der Waals surface area contributed by atoms with Gasteiger partial charge in [-0.15, -0.1) is 0 Å². The number of hydrogen-bond acceptors (Lipinski definition) is 4. The minimum atomic E-state index is -0.288. The van der Waals surface area contributed by atoms with E-state index in [1.165, 1.54) is 0 Å². The lowest BCUT2D eigenvalue weighted by atomic mass is 9.95. The van der Waals surface area contributed by atoms with E-state index in [4.69, 9.17) is 14.2 Å². The van der Waals surface area contributed by atoms with Crippen LogP contribution in [0.2, 0.25) is 0 Å². The Labute approximate surface area is 127 Å². The normalized spacial score (nSPS) is 20.8. The maximum absolute atomic E-state index is 11.4. The third-order valence-electron chi connectivity index (χ3n) is 3.04. The van der Waals surface area contributed by atoms with Crippen LogP contribution in [0, 0.1) is 5.41 Å². The fourth-order valence-electron chi connectivity index (χ4n) is 1.75.